The summed E-state index contributed by atoms with van der Waals surface area (Å²) in [5.74, 6) is 0.918. The normalized spacial score (nSPS) is 21.7. The van der Waals surface area contributed by atoms with Crippen LogP contribution in [0.25, 0.3) is 0 Å². The fourth-order valence-corrected chi connectivity index (χ4v) is 2.85. The van der Waals surface area contributed by atoms with Gasteiger partial charge in [-0.05, 0) is 31.9 Å². The van der Waals surface area contributed by atoms with Crippen molar-refractivity contribution in [3.63, 3.8) is 0 Å². The molecule has 1 aliphatic heterocycles. The Morgan fingerprint density at radius 3 is 2.77 bits per heavy atom. The smallest absolute Gasteiger partial charge is 0.376 e. The highest BCUT2D eigenvalue weighted by Crippen LogP contribution is 2.08. The van der Waals surface area contributed by atoms with Crippen LogP contribution in [0.4, 0.5) is 0 Å². The van der Waals surface area contributed by atoms with Crippen LogP contribution in [0.2, 0.25) is 0 Å². The van der Waals surface area contributed by atoms with Crippen molar-refractivity contribution < 1.29 is 13.3 Å². The quantitative estimate of drug-likeness (QED) is 0.560. The molecule has 1 rings (SSSR count). The van der Waals surface area contributed by atoms with Crippen molar-refractivity contribution in [3.05, 3.63) is 0 Å². The van der Waals surface area contributed by atoms with Crippen molar-refractivity contribution in [1.82, 2.24) is 0 Å². The number of thiol groups is 1. The van der Waals surface area contributed by atoms with Crippen molar-refractivity contribution in [3.8, 4) is 0 Å². The van der Waals surface area contributed by atoms with Gasteiger partial charge >= 0.3 is 9.53 Å². The molecule has 1 atom stereocenters. The second-order valence-corrected chi connectivity index (χ2v) is 5.16. The molecule has 0 amide bonds. The summed E-state index contributed by atoms with van der Waals surface area (Å²) in [4.78, 5) is 0. The molecule has 0 N–H and O–H groups in total. The molecule has 78 valence electrons. The lowest BCUT2D eigenvalue weighted by Gasteiger charge is -2.24. The van der Waals surface area contributed by atoms with Crippen molar-refractivity contribution in [2.75, 3.05) is 19.0 Å². The van der Waals surface area contributed by atoms with Gasteiger partial charge in [0.15, 0.2) is 0 Å². The van der Waals surface area contributed by atoms with Gasteiger partial charge in [0, 0.05) is 19.3 Å². The molecule has 5 heteroatoms. The fraction of sp³-hybridized carbons (Fsp3) is 1.00. The Bertz CT molecular complexity index is 131. The lowest BCUT2D eigenvalue weighted by molar-refractivity contribution is 0.0290. The van der Waals surface area contributed by atoms with Gasteiger partial charge in [0.05, 0.1) is 0 Å². The Kier molecular flexibility index (Phi) is 6.06. The zero-order valence-electron chi connectivity index (χ0n) is 8.07. The summed E-state index contributed by atoms with van der Waals surface area (Å²) >= 11 is 4.15. The SMILES string of the molecule is CC(CCCS)O[SiH]1OCCCO1. The fourth-order valence-electron chi connectivity index (χ4n) is 1.18. The minimum Gasteiger partial charge on any atom is -0.376 e. The average molecular weight is 222 g/mol. The minimum atomic E-state index is -1.75. The molecule has 0 aromatic heterocycles. The number of hydrogen-bond acceptors (Lipinski definition) is 4. The number of hydrogen-bond donors (Lipinski definition) is 1. The van der Waals surface area contributed by atoms with Gasteiger partial charge in [0.25, 0.3) is 0 Å². The molecule has 0 aromatic carbocycles. The van der Waals surface area contributed by atoms with Crippen LogP contribution in [0.5, 0.6) is 0 Å². The van der Waals surface area contributed by atoms with E-state index in [1.807, 2.05) is 0 Å². The van der Waals surface area contributed by atoms with Gasteiger partial charge in [-0.1, -0.05) is 0 Å². The maximum Gasteiger partial charge on any atom is 0.484 e. The van der Waals surface area contributed by atoms with Crippen LogP contribution < -0.4 is 0 Å². The largest absolute Gasteiger partial charge is 0.484 e. The highest BCUT2D eigenvalue weighted by Gasteiger charge is 2.21. The molecule has 0 bridgehead atoms. The summed E-state index contributed by atoms with van der Waals surface area (Å²) in [5, 5.41) is 0. The van der Waals surface area contributed by atoms with Crippen LogP contribution in [-0.2, 0) is 13.3 Å². The van der Waals surface area contributed by atoms with E-state index in [0.717, 1.165) is 38.2 Å². The van der Waals surface area contributed by atoms with Crippen LogP contribution in [-0.4, -0.2) is 34.6 Å². The molecule has 0 aromatic rings. The molecule has 0 aliphatic carbocycles. The summed E-state index contributed by atoms with van der Waals surface area (Å²) in [6.07, 6.45) is 3.38. The van der Waals surface area contributed by atoms with E-state index in [4.69, 9.17) is 13.3 Å². The second kappa shape index (κ2) is 6.84. The molecule has 1 fully saturated rings. The topological polar surface area (TPSA) is 27.7 Å². The van der Waals surface area contributed by atoms with E-state index < -0.39 is 9.53 Å². The summed E-state index contributed by atoms with van der Waals surface area (Å²) in [5.41, 5.74) is 0. The van der Waals surface area contributed by atoms with E-state index in [1.54, 1.807) is 0 Å². The summed E-state index contributed by atoms with van der Waals surface area (Å²) in [6.45, 7) is 3.67. The third-order valence-corrected chi connectivity index (χ3v) is 3.93. The van der Waals surface area contributed by atoms with Gasteiger partial charge in [0.2, 0.25) is 0 Å². The Balaban J connectivity index is 2.07. The van der Waals surface area contributed by atoms with Gasteiger partial charge in [-0.2, -0.15) is 12.6 Å². The molecular formula is C8H18O3SSi. The molecule has 1 saturated heterocycles. The lowest BCUT2D eigenvalue weighted by atomic mass is 10.2. The van der Waals surface area contributed by atoms with Gasteiger partial charge in [-0.3, -0.25) is 0 Å². The van der Waals surface area contributed by atoms with Gasteiger partial charge < -0.3 is 13.3 Å². The molecule has 1 aliphatic rings. The Morgan fingerprint density at radius 2 is 2.15 bits per heavy atom. The lowest BCUT2D eigenvalue weighted by Crippen LogP contribution is -2.35. The van der Waals surface area contributed by atoms with Gasteiger partial charge in [-0.15, -0.1) is 0 Å². The summed E-state index contributed by atoms with van der Waals surface area (Å²) < 4.78 is 16.5. The van der Waals surface area contributed by atoms with Crippen LogP contribution in [0.1, 0.15) is 26.2 Å². The molecule has 0 spiro atoms. The maximum absolute atomic E-state index is 5.65. The molecular weight excluding hydrogens is 204 g/mol. The highest BCUT2D eigenvalue weighted by molar-refractivity contribution is 7.80. The minimum absolute atomic E-state index is 0.252. The average Bonchev–Trinajstić information content (AvgIpc) is 2.16. The first-order valence-electron chi connectivity index (χ1n) is 4.82. The van der Waals surface area contributed by atoms with E-state index in [0.29, 0.717) is 0 Å². The predicted octanol–water partition coefficient (Wildman–Crippen LogP) is 1.26. The van der Waals surface area contributed by atoms with E-state index in [9.17, 15) is 0 Å². The first kappa shape index (κ1) is 11.5. The summed E-state index contributed by atoms with van der Waals surface area (Å²) in [6, 6.07) is 0. The molecule has 0 saturated carbocycles. The Labute approximate surface area is 87.1 Å². The highest BCUT2D eigenvalue weighted by atomic mass is 32.1. The molecule has 13 heavy (non-hydrogen) atoms. The van der Waals surface area contributed by atoms with E-state index in [2.05, 4.69) is 19.6 Å². The van der Waals surface area contributed by atoms with Gasteiger partial charge in [0.1, 0.15) is 0 Å². The van der Waals surface area contributed by atoms with Crippen LogP contribution >= 0.6 is 12.6 Å². The van der Waals surface area contributed by atoms with Crippen molar-refractivity contribution in [1.29, 1.82) is 0 Å². The first-order valence-corrected chi connectivity index (χ1v) is 6.87. The maximum atomic E-state index is 5.65. The van der Waals surface area contributed by atoms with Gasteiger partial charge in [-0.25, -0.2) is 0 Å². The van der Waals surface area contributed by atoms with E-state index in [-0.39, 0.29) is 6.10 Å². The Hall–Kier alpha value is 0.447. The monoisotopic (exact) mass is 222 g/mol. The van der Waals surface area contributed by atoms with Crippen molar-refractivity contribution >= 4 is 22.2 Å². The third kappa shape index (κ3) is 5.02. The predicted molar refractivity (Wildman–Crippen MR) is 57.3 cm³/mol. The summed E-state index contributed by atoms with van der Waals surface area (Å²) in [7, 11) is -1.75. The first-order chi connectivity index (χ1) is 6.33. The van der Waals surface area contributed by atoms with Crippen LogP contribution in [0.3, 0.4) is 0 Å². The van der Waals surface area contributed by atoms with Crippen LogP contribution in [0, 0.1) is 0 Å². The Morgan fingerprint density at radius 1 is 1.46 bits per heavy atom. The van der Waals surface area contributed by atoms with E-state index in [1.165, 1.54) is 0 Å². The zero-order valence-corrected chi connectivity index (χ0v) is 10.1. The van der Waals surface area contributed by atoms with Crippen LogP contribution in [0.15, 0.2) is 0 Å². The molecule has 1 heterocycles. The van der Waals surface area contributed by atoms with Crippen molar-refractivity contribution in [2.24, 2.45) is 0 Å². The van der Waals surface area contributed by atoms with E-state index >= 15 is 0 Å². The van der Waals surface area contributed by atoms with Crippen molar-refractivity contribution in [2.45, 2.75) is 32.3 Å². The molecule has 3 nitrogen and oxygen atoms in total. The zero-order chi connectivity index (χ0) is 9.52. The number of rotatable bonds is 5. The standard InChI is InChI=1S/C8H18O3SSi/c1-8(4-2-7-12)11-13-9-5-3-6-10-13/h8,12-13H,2-7H2,1H3. The third-order valence-electron chi connectivity index (χ3n) is 1.91. The molecule has 1 unspecified atom stereocenters. The molecule has 0 radical (unpaired) electrons. The second-order valence-electron chi connectivity index (χ2n) is 3.20.